The van der Waals surface area contributed by atoms with E-state index >= 15 is 0 Å². The Morgan fingerprint density at radius 1 is 0.333 bits per heavy atom. The molecule has 0 aliphatic carbocycles. The lowest BCUT2D eigenvalue weighted by Gasteiger charge is -2.29. The highest BCUT2D eigenvalue weighted by Gasteiger charge is 2.38. The monoisotopic (exact) mass is 1330 g/mol. The Balaban J connectivity index is 7.15. The second kappa shape index (κ2) is 44.4. The molecule has 0 aliphatic rings. The number of carbonyl (C=O) groups excluding carboxylic acids is 11. The van der Waals surface area contributed by atoms with Crippen LogP contribution in [-0.2, 0) is 71.9 Å². The van der Waals surface area contributed by atoms with E-state index in [1.54, 1.807) is 41.5 Å². The maximum Gasteiger partial charge on any atom is 0.326 e. The molecule has 0 spiro atoms. The number of nitrogens with one attached hydrogen (secondary N) is 10. The zero-order valence-electron chi connectivity index (χ0n) is 54.8. The van der Waals surface area contributed by atoms with Gasteiger partial charge in [0, 0.05) is 25.7 Å². The molecule has 0 rings (SSSR count). The number of hydrogen-bond donors (Lipinski definition) is 19. The fraction of sp³-hybridized carbons (Fsp3) is 0.746. The molecule has 530 valence electrons. The number of rotatable bonds is 49. The Bertz CT molecular complexity index is 2520. The highest BCUT2D eigenvalue weighted by atomic mass is 16.4. The third-order valence-corrected chi connectivity index (χ3v) is 14.4. The average molecular weight is 1330 g/mol. The number of aliphatic hydroxyl groups excluding tert-OH is 1. The highest BCUT2D eigenvalue weighted by molar-refractivity contribution is 5.99. The zero-order chi connectivity index (χ0) is 71.4. The Labute approximate surface area is 541 Å². The van der Waals surface area contributed by atoms with Crippen LogP contribution >= 0.6 is 0 Å². The SMILES string of the molecule is CC(C)C[C@H](NC(=O)[C@H](CC(C)C)NC(=O)[C@H](CCCCN)NC(=O)[C@H](CCCCN)NC(=O)[C@H](CC(C)C)NC(=O)[C@H](CCC(=O)O)NC(=O)[C@H](CCC(=O)O)NC(=O)[C@@H](NC(=O)[C@@H](N)[C@@H](C)O)C(C)C)C(=O)N[C@@H](CCC(=O)O)C(=O)N[C@@H](CCC(N)=O)C(=O)O. The van der Waals surface area contributed by atoms with Crippen LogP contribution in [0.25, 0.3) is 0 Å². The first-order valence-electron chi connectivity index (χ1n) is 31.4. The molecule has 12 atom stereocenters. The van der Waals surface area contributed by atoms with Crippen LogP contribution in [0.2, 0.25) is 0 Å². The van der Waals surface area contributed by atoms with Crippen molar-refractivity contribution in [3.8, 4) is 0 Å². The van der Waals surface area contributed by atoms with E-state index in [4.69, 9.17) is 22.9 Å². The Morgan fingerprint density at radius 3 is 0.839 bits per heavy atom. The van der Waals surface area contributed by atoms with Crippen molar-refractivity contribution in [2.24, 2.45) is 46.6 Å². The second-order valence-electron chi connectivity index (χ2n) is 24.6. The minimum absolute atomic E-state index is 0.0339. The molecule has 11 amide bonds. The van der Waals surface area contributed by atoms with Crippen molar-refractivity contribution in [2.45, 2.75) is 244 Å². The van der Waals surface area contributed by atoms with Crippen LogP contribution in [0.1, 0.15) is 171 Å². The van der Waals surface area contributed by atoms with Gasteiger partial charge in [0.25, 0.3) is 0 Å². The molecule has 0 saturated carbocycles. The number of carbonyl (C=O) groups is 15. The molecular weight excluding hydrogens is 1220 g/mol. The third kappa shape index (κ3) is 35.5. The third-order valence-electron chi connectivity index (χ3n) is 14.4. The summed E-state index contributed by atoms with van der Waals surface area (Å²) in [6.07, 6.45) is -5.02. The molecule has 0 radical (unpaired) electrons. The van der Waals surface area contributed by atoms with Crippen LogP contribution in [0, 0.1) is 23.7 Å². The molecule has 23 N–H and O–H groups in total. The first kappa shape index (κ1) is 84.9. The number of carboxylic acid groups (broad SMARTS) is 4. The van der Waals surface area contributed by atoms with E-state index in [-0.39, 0.29) is 75.8 Å². The van der Waals surface area contributed by atoms with E-state index in [0.29, 0.717) is 12.8 Å². The maximum absolute atomic E-state index is 14.5. The highest BCUT2D eigenvalue weighted by Crippen LogP contribution is 2.15. The standard InChI is InChI=1S/C59H104N14O20/c1-29(2)26-40(71-53(86)37(18-22-45(78)79)66-51(84)38(19-23-46(80)81)68-58(91)48(32(7)8)73-57(90)47(63)33(9)74)54(87)65-34(14-10-12-24-60)49(82)64-35(15-11-13-25-61)50(83)70-42(28-31(5)6)56(89)72-41(27-30(3)4)55(88)67-36(17-21-44(76)77)52(85)69-39(59(92)93)16-20-43(62)75/h29-42,47-48,74H,10-28,60-61,63H2,1-9H3,(H2,62,75)(H,64,82)(H,65,87)(H,66,84)(H,67,88)(H,68,91)(H,69,85)(H,70,83)(H,71,86)(H,72,89)(H,73,90)(H,76,77)(H,78,79)(H,80,81)(H,92,93)/t33-,34+,35+,36+,37+,38+,39+,40+,41+,42+,47+,48+/m1/s1. The van der Waals surface area contributed by atoms with Crippen LogP contribution in [0.4, 0.5) is 0 Å². The number of unbranched alkanes of at least 4 members (excludes halogenated alkanes) is 2. The molecule has 93 heavy (non-hydrogen) atoms. The van der Waals surface area contributed by atoms with Crippen molar-refractivity contribution in [1.29, 1.82) is 0 Å². The molecule has 34 nitrogen and oxygen atoms in total. The number of aliphatic hydroxyl groups is 1. The molecule has 0 heterocycles. The lowest BCUT2D eigenvalue weighted by molar-refractivity contribution is -0.143. The maximum atomic E-state index is 14.5. The van der Waals surface area contributed by atoms with Crippen LogP contribution in [0.3, 0.4) is 0 Å². The molecule has 34 heteroatoms. The minimum atomic E-state index is -1.75. The van der Waals surface area contributed by atoms with E-state index in [1.165, 1.54) is 20.8 Å². The van der Waals surface area contributed by atoms with Gasteiger partial charge in [0.1, 0.15) is 66.5 Å². The lowest BCUT2D eigenvalue weighted by Crippen LogP contribution is -2.61. The summed E-state index contributed by atoms with van der Waals surface area (Å²) in [4.78, 5) is 198. The van der Waals surface area contributed by atoms with Crippen molar-refractivity contribution < 1.29 is 97.5 Å². The molecule has 0 unspecified atom stereocenters. The fourth-order valence-electron chi connectivity index (χ4n) is 9.23. The van der Waals surface area contributed by atoms with Crippen molar-refractivity contribution in [2.75, 3.05) is 13.1 Å². The van der Waals surface area contributed by atoms with E-state index in [0.717, 1.165) is 0 Å². The second-order valence-corrected chi connectivity index (χ2v) is 24.6. The summed E-state index contributed by atoms with van der Waals surface area (Å²) in [5.74, 6) is -18.0. The average Bonchev–Trinajstić information content (AvgIpc) is 0.963. The van der Waals surface area contributed by atoms with Gasteiger partial charge in [-0.1, -0.05) is 55.4 Å². The largest absolute Gasteiger partial charge is 0.481 e. The normalized spacial score (nSPS) is 15.2. The molecule has 0 aromatic rings. The summed E-state index contributed by atoms with van der Waals surface area (Å²) in [6.45, 7) is 14.9. The number of hydrogen-bond acceptors (Lipinski definition) is 19. The van der Waals surface area contributed by atoms with Gasteiger partial charge >= 0.3 is 23.9 Å². The lowest BCUT2D eigenvalue weighted by atomic mass is 9.98. The minimum Gasteiger partial charge on any atom is -0.481 e. The van der Waals surface area contributed by atoms with E-state index in [2.05, 4.69) is 53.2 Å². The van der Waals surface area contributed by atoms with Crippen LogP contribution < -0.4 is 76.1 Å². The van der Waals surface area contributed by atoms with E-state index < -0.39 is 219 Å². The predicted octanol–water partition coefficient (Wildman–Crippen LogP) is -3.46. The van der Waals surface area contributed by atoms with Gasteiger partial charge in [-0.2, -0.15) is 0 Å². The quantitative estimate of drug-likeness (QED) is 0.0263. The van der Waals surface area contributed by atoms with Crippen molar-refractivity contribution >= 4 is 88.9 Å². The fourth-order valence-corrected chi connectivity index (χ4v) is 9.23. The topological polar surface area (TPSA) is 582 Å². The van der Waals surface area contributed by atoms with Crippen LogP contribution in [-0.4, -0.2) is 200 Å². The number of carboxylic acids is 4. The summed E-state index contributed by atoms with van der Waals surface area (Å²) in [5.41, 5.74) is 22.5. The van der Waals surface area contributed by atoms with Gasteiger partial charge in [-0.05, 0) is 127 Å². The summed E-state index contributed by atoms with van der Waals surface area (Å²) in [7, 11) is 0. The predicted molar refractivity (Wildman–Crippen MR) is 335 cm³/mol. The Hall–Kier alpha value is -8.11. The van der Waals surface area contributed by atoms with Crippen molar-refractivity contribution in [3.63, 3.8) is 0 Å². The number of aliphatic carboxylic acids is 4. The Kier molecular flexibility index (Phi) is 40.6. The smallest absolute Gasteiger partial charge is 0.326 e. The van der Waals surface area contributed by atoms with E-state index in [9.17, 15) is 97.5 Å². The van der Waals surface area contributed by atoms with Gasteiger partial charge in [-0.15, -0.1) is 0 Å². The number of primary amides is 1. The molecule has 0 aromatic heterocycles. The summed E-state index contributed by atoms with van der Waals surface area (Å²) >= 11 is 0. The number of nitrogens with two attached hydrogens (primary N) is 4. The van der Waals surface area contributed by atoms with Crippen LogP contribution in [0.15, 0.2) is 0 Å². The van der Waals surface area contributed by atoms with Gasteiger partial charge in [0.2, 0.25) is 65.0 Å². The zero-order valence-corrected chi connectivity index (χ0v) is 54.8. The van der Waals surface area contributed by atoms with Crippen molar-refractivity contribution in [1.82, 2.24) is 53.2 Å². The van der Waals surface area contributed by atoms with E-state index in [1.807, 2.05) is 0 Å². The summed E-state index contributed by atoms with van der Waals surface area (Å²) < 4.78 is 0. The molecule has 0 bridgehead atoms. The van der Waals surface area contributed by atoms with Gasteiger partial charge < -0.3 is 102 Å². The molecule has 0 aliphatic heterocycles. The van der Waals surface area contributed by atoms with Crippen LogP contribution in [0.5, 0.6) is 0 Å². The van der Waals surface area contributed by atoms with Gasteiger partial charge in [-0.25, -0.2) is 4.79 Å². The van der Waals surface area contributed by atoms with Gasteiger partial charge in [0.15, 0.2) is 0 Å². The molecule has 0 saturated heterocycles. The molecular formula is C59H104N14O20. The summed E-state index contributed by atoms with van der Waals surface area (Å²) in [5, 5.41) is 72.9. The molecule has 0 aromatic carbocycles. The first-order valence-corrected chi connectivity index (χ1v) is 31.4. The number of amides is 11. The first-order chi connectivity index (χ1) is 43.3. The van der Waals surface area contributed by atoms with Gasteiger partial charge in [-0.3, -0.25) is 67.1 Å². The summed E-state index contributed by atoms with van der Waals surface area (Å²) in [6, 6.07) is -16.7. The van der Waals surface area contributed by atoms with Gasteiger partial charge in [0.05, 0.1) is 6.10 Å². The molecule has 0 fully saturated rings. The van der Waals surface area contributed by atoms with Crippen molar-refractivity contribution in [3.05, 3.63) is 0 Å². The Morgan fingerprint density at radius 2 is 0.591 bits per heavy atom.